The molecule has 7 nitrogen and oxygen atoms in total. The number of thioether (sulfide) groups is 1. The highest BCUT2D eigenvalue weighted by Gasteiger charge is 2.48. The first kappa shape index (κ1) is 23.5. The minimum Gasteiger partial charge on any atom is -0.474 e. The Balaban J connectivity index is 1.69. The number of carbonyl (C=O) groups is 1. The molecule has 3 aliphatic heterocycles. The monoisotopic (exact) mass is 529 g/mol. The second kappa shape index (κ2) is 8.87. The Morgan fingerprint density at radius 1 is 1.08 bits per heavy atom. The number of fused-ring (bicyclic) bond motifs is 4. The van der Waals surface area contributed by atoms with E-state index in [1.807, 2.05) is 45.7 Å². The highest BCUT2D eigenvalue weighted by molar-refractivity contribution is 7.98. The van der Waals surface area contributed by atoms with Crippen LogP contribution in [-0.4, -0.2) is 40.9 Å². The van der Waals surface area contributed by atoms with Crippen molar-refractivity contribution in [2.75, 3.05) is 18.2 Å². The summed E-state index contributed by atoms with van der Waals surface area (Å²) >= 11 is 1.43. The van der Waals surface area contributed by atoms with Gasteiger partial charge in [0, 0.05) is 28.5 Å². The Morgan fingerprint density at radius 2 is 1.89 bits per heavy atom. The van der Waals surface area contributed by atoms with Gasteiger partial charge in [-0.3, -0.25) is 19.3 Å². The molecule has 1 aromatic heterocycles. The predicted molar refractivity (Wildman–Crippen MR) is 134 cm³/mol. The second-order valence-electron chi connectivity index (χ2n) is 8.94. The van der Waals surface area contributed by atoms with Crippen molar-refractivity contribution in [3.8, 4) is 5.75 Å². The van der Waals surface area contributed by atoms with Crippen molar-refractivity contribution in [3.63, 3.8) is 0 Å². The maximum atomic E-state index is 15.2. The summed E-state index contributed by atoms with van der Waals surface area (Å²) in [5.74, 6) is -2.00. The fourth-order valence-corrected chi connectivity index (χ4v) is 6.70. The van der Waals surface area contributed by atoms with E-state index in [0.717, 1.165) is 16.5 Å². The van der Waals surface area contributed by atoms with Gasteiger partial charge in [0.2, 0.25) is 11.2 Å². The Morgan fingerprint density at radius 3 is 2.69 bits per heavy atom. The summed E-state index contributed by atoms with van der Waals surface area (Å²) in [6, 6.07) is 10.9. The van der Waals surface area contributed by atoms with Crippen LogP contribution in [0.3, 0.4) is 0 Å². The third-order valence-corrected chi connectivity index (χ3v) is 8.29. The lowest BCUT2D eigenvalue weighted by molar-refractivity contribution is -0.0467. The van der Waals surface area contributed by atoms with Crippen LogP contribution in [0.4, 0.5) is 8.78 Å². The first-order valence-corrected chi connectivity index (χ1v) is 12.9. The number of benzene rings is 2. The minimum absolute atomic E-state index is 0.0704. The Bertz CT molecular complexity index is 1450. The summed E-state index contributed by atoms with van der Waals surface area (Å²) in [7, 11) is 2.04. The number of halogens is 2. The molecule has 0 N–H and O–H groups in total. The van der Waals surface area contributed by atoms with Gasteiger partial charge in [0.25, 0.3) is 5.91 Å². The van der Waals surface area contributed by atoms with E-state index in [2.05, 4.69) is 0 Å². The minimum atomic E-state index is -0.910. The molecule has 1 unspecified atom stereocenters. The van der Waals surface area contributed by atoms with Gasteiger partial charge < -0.3 is 14.2 Å². The van der Waals surface area contributed by atoms with Crippen LogP contribution in [0.25, 0.3) is 0 Å². The lowest BCUT2D eigenvalue weighted by Crippen LogP contribution is -2.68. The summed E-state index contributed by atoms with van der Waals surface area (Å²) in [5.41, 5.74) is 1.35. The van der Waals surface area contributed by atoms with Gasteiger partial charge in [-0.1, -0.05) is 24.3 Å². The van der Waals surface area contributed by atoms with Crippen LogP contribution in [0, 0.1) is 11.6 Å². The smallest absolute Gasteiger partial charge is 0.278 e. The van der Waals surface area contributed by atoms with E-state index in [0.29, 0.717) is 12.2 Å². The van der Waals surface area contributed by atoms with Gasteiger partial charge in [-0.05, 0) is 30.2 Å². The SMILES string of the molecule is C[C@H]1COC[C@@H]2N1C(=O)c1c(OP)c(=O)ccn1N2[C@@H]1c2ccccc2SCc2c1ccc(F)c2F. The molecule has 36 heavy (non-hydrogen) atoms. The zero-order valence-electron chi connectivity index (χ0n) is 19.2. The number of rotatable bonds is 2. The zero-order chi connectivity index (χ0) is 25.1. The quantitative estimate of drug-likeness (QED) is 0.471. The molecule has 0 saturated carbocycles. The van der Waals surface area contributed by atoms with Gasteiger partial charge in [0.05, 0.1) is 34.8 Å². The third kappa shape index (κ3) is 3.38. The summed E-state index contributed by atoms with van der Waals surface area (Å²) in [6.07, 6.45) is 0.954. The number of hydrogen-bond acceptors (Lipinski definition) is 6. The van der Waals surface area contributed by atoms with Crippen molar-refractivity contribution in [1.29, 1.82) is 0 Å². The number of amides is 1. The van der Waals surface area contributed by atoms with E-state index >= 15 is 4.39 Å². The summed E-state index contributed by atoms with van der Waals surface area (Å²) < 4.78 is 42.4. The first-order valence-electron chi connectivity index (χ1n) is 11.4. The molecule has 1 fully saturated rings. The van der Waals surface area contributed by atoms with E-state index < -0.39 is 29.3 Å². The normalized spacial score (nSPS) is 22.8. The van der Waals surface area contributed by atoms with Crippen LogP contribution in [0.2, 0.25) is 0 Å². The van der Waals surface area contributed by atoms with E-state index in [-0.39, 0.29) is 41.3 Å². The molecular weight excluding hydrogens is 507 g/mol. The van der Waals surface area contributed by atoms with E-state index in [9.17, 15) is 14.0 Å². The number of aromatic nitrogens is 1. The molecule has 0 bridgehead atoms. The largest absolute Gasteiger partial charge is 0.474 e. The fourth-order valence-electron chi connectivity index (χ4n) is 5.36. The standard InChI is InChI=1S/C25H22F2N3O4PS/c1-13-10-33-11-20-29(13)25(32)23-24(34-35)18(31)8-9-28(23)30(20)22-14-6-7-17(26)21(27)16(14)12-36-19-5-3-2-4-15(19)22/h2-9,13,20,22H,10-12,35H2,1H3/t13-,20+,22-/m0/s1. The van der Waals surface area contributed by atoms with E-state index in [1.54, 1.807) is 15.6 Å². The van der Waals surface area contributed by atoms with Gasteiger partial charge in [0.15, 0.2) is 17.3 Å². The Labute approximate surface area is 212 Å². The van der Waals surface area contributed by atoms with Crippen molar-refractivity contribution < 1.29 is 22.8 Å². The lowest BCUT2D eigenvalue weighted by Gasteiger charge is -2.53. The third-order valence-electron chi connectivity index (χ3n) is 6.94. The topological polar surface area (TPSA) is 64.0 Å². The first-order chi connectivity index (χ1) is 17.4. The van der Waals surface area contributed by atoms with Crippen LogP contribution >= 0.6 is 21.2 Å². The number of morpholine rings is 1. The molecule has 186 valence electrons. The number of ether oxygens (including phenoxy) is 1. The Kier molecular flexibility index (Phi) is 5.78. The highest BCUT2D eigenvalue weighted by atomic mass is 32.2. The summed E-state index contributed by atoms with van der Waals surface area (Å²) in [6.45, 7) is 2.40. The maximum absolute atomic E-state index is 15.2. The predicted octanol–water partition coefficient (Wildman–Crippen LogP) is 3.83. The molecule has 11 heteroatoms. The zero-order valence-corrected chi connectivity index (χ0v) is 21.2. The van der Waals surface area contributed by atoms with Crippen LogP contribution in [0.1, 0.15) is 40.1 Å². The molecule has 0 aliphatic carbocycles. The fraction of sp³-hybridized carbons (Fsp3) is 0.280. The second-order valence-corrected chi connectivity index (χ2v) is 10.2. The number of carbonyl (C=O) groups excluding carboxylic acids is 1. The van der Waals surface area contributed by atoms with Crippen molar-refractivity contribution >= 4 is 27.1 Å². The van der Waals surface area contributed by atoms with Crippen LogP contribution < -0.4 is 15.0 Å². The van der Waals surface area contributed by atoms with Gasteiger partial charge in [-0.15, -0.1) is 11.8 Å². The molecule has 0 spiro atoms. The average molecular weight is 530 g/mol. The molecule has 6 rings (SSSR count). The molecule has 1 amide bonds. The number of hydrogen-bond donors (Lipinski definition) is 0. The van der Waals surface area contributed by atoms with Crippen molar-refractivity contribution in [2.45, 2.75) is 35.8 Å². The molecule has 3 aromatic rings. The van der Waals surface area contributed by atoms with Gasteiger partial charge >= 0.3 is 0 Å². The lowest BCUT2D eigenvalue weighted by atomic mass is 9.93. The highest BCUT2D eigenvalue weighted by Crippen LogP contribution is 2.45. The summed E-state index contributed by atoms with van der Waals surface area (Å²) in [5, 5.41) is 1.92. The Hall–Kier alpha value is -2.94. The molecule has 3 aliphatic rings. The van der Waals surface area contributed by atoms with E-state index in [1.165, 1.54) is 24.0 Å². The number of nitrogens with zero attached hydrogens (tertiary/aromatic N) is 3. The van der Waals surface area contributed by atoms with Gasteiger partial charge in [0.1, 0.15) is 6.17 Å². The van der Waals surface area contributed by atoms with Crippen LogP contribution in [-0.2, 0) is 10.5 Å². The molecule has 4 atom stereocenters. The summed E-state index contributed by atoms with van der Waals surface area (Å²) in [4.78, 5) is 29.0. The maximum Gasteiger partial charge on any atom is 0.278 e. The van der Waals surface area contributed by atoms with Crippen LogP contribution in [0.5, 0.6) is 5.75 Å². The van der Waals surface area contributed by atoms with E-state index in [4.69, 9.17) is 9.26 Å². The van der Waals surface area contributed by atoms with Gasteiger partial charge in [-0.2, -0.15) is 0 Å². The van der Waals surface area contributed by atoms with Gasteiger partial charge in [-0.25, -0.2) is 8.78 Å². The average Bonchev–Trinajstić information content (AvgIpc) is 3.04. The number of pyridine rings is 1. The molecule has 4 heterocycles. The van der Waals surface area contributed by atoms with Crippen molar-refractivity contribution in [2.24, 2.45) is 0 Å². The van der Waals surface area contributed by atoms with Crippen LogP contribution in [0.15, 0.2) is 58.4 Å². The van der Waals surface area contributed by atoms with Crippen molar-refractivity contribution in [1.82, 2.24) is 9.58 Å². The molecule has 1 saturated heterocycles. The molecular formula is C25H22F2N3O4PS. The van der Waals surface area contributed by atoms with Crippen molar-refractivity contribution in [3.05, 3.63) is 92.9 Å². The molecule has 2 aromatic carbocycles. The molecule has 0 radical (unpaired) electrons.